The molecule has 0 fully saturated rings. The van der Waals surface area contributed by atoms with E-state index in [0.29, 0.717) is 16.2 Å². The van der Waals surface area contributed by atoms with Crippen molar-refractivity contribution < 1.29 is 29.6 Å². The normalized spacial score (nSPS) is 18.6. The summed E-state index contributed by atoms with van der Waals surface area (Å²) in [4.78, 5) is 0.344. The van der Waals surface area contributed by atoms with Crippen molar-refractivity contribution in [2.24, 2.45) is 0 Å². The van der Waals surface area contributed by atoms with Crippen molar-refractivity contribution in [2.45, 2.75) is 49.3 Å². The van der Waals surface area contributed by atoms with E-state index in [-0.39, 0.29) is 5.04 Å². The molecule has 0 radical (unpaired) electrons. The minimum Gasteiger partial charge on any atom is -0.543 e. The number of hydrogen-bond acceptors (Lipinski definition) is 4. The van der Waals surface area contributed by atoms with Crippen LogP contribution in [0.2, 0.25) is 18.1 Å². The second-order valence-electron chi connectivity index (χ2n) is 7.29. The van der Waals surface area contributed by atoms with E-state index < -0.39 is 34.7 Å². The van der Waals surface area contributed by atoms with Crippen LogP contribution in [-0.4, -0.2) is 27.6 Å². The molecule has 1 aromatic carbocycles. The molecule has 4 nitrogen and oxygen atoms in total. The number of halogens is 3. The minimum absolute atomic E-state index is 0.0714. The van der Waals surface area contributed by atoms with Gasteiger partial charge in [-0.1, -0.05) is 39.0 Å². The number of fused-ring (bicyclic) bond motifs is 1. The summed E-state index contributed by atoms with van der Waals surface area (Å²) in [6.45, 7) is 10.3. The van der Waals surface area contributed by atoms with Crippen molar-refractivity contribution in [3.05, 3.63) is 35.9 Å². The van der Waals surface area contributed by atoms with E-state index >= 15 is 0 Å². The maximum absolute atomic E-state index is 12.6. The van der Waals surface area contributed by atoms with Crippen molar-refractivity contribution in [3.8, 4) is 0 Å². The summed E-state index contributed by atoms with van der Waals surface area (Å²) in [5.74, 6) is 0.518. The third-order valence-corrected chi connectivity index (χ3v) is 11.7. The van der Waals surface area contributed by atoms with E-state index in [4.69, 9.17) is 4.43 Å². The molecule has 0 aromatic heterocycles. The van der Waals surface area contributed by atoms with Crippen molar-refractivity contribution in [2.75, 3.05) is 0 Å². The van der Waals surface area contributed by atoms with Gasteiger partial charge in [0.1, 0.15) is 5.76 Å². The van der Waals surface area contributed by atoms with E-state index in [9.17, 15) is 21.6 Å². The van der Waals surface area contributed by atoms with Crippen molar-refractivity contribution in [1.82, 2.24) is 0 Å². The molecular formula is C16H21F3O4S2Si. The van der Waals surface area contributed by atoms with Gasteiger partial charge < -0.3 is 4.43 Å². The van der Waals surface area contributed by atoms with Gasteiger partial charge in [0.15, 0.2) is 0 Å². The Morgan fingerprint density at radius 3 is 2.19 bits per heavy atom. The highest BCUT2D eigenvalue weighted by atomic mass is 32.3. The third-order valence-electron chi connectivity index (χ3n) is 4.33. The molecule has 0 saturated carbocycles. The van der Waals surface area contributed by atoms with E-state index in [0.717, 1.165) is 0 Å². The van der Waals surface area contributed by atoms with Crippen molar-refractivity contribution in [1.29, 1.82) is 0 Å². The summed E-state index contributed by atoms with van der Waals surface area (Å²) in [6.07, 6.45) is 1.50. The largest absolute Gasteiger partial charge is 0.543 e. The van der Waals surface area contributed by atoms with Crippen LogP contribution in [0.3, 0.4) is 0 Å². The maximum atomic E-state index is 12.6. The van der Waals surface area contributed by atoms with Gasteiger partial charge in [-0.2, -0.15) is 25.2 Å². The molecule has 26 heavy (non-hydrogen) atoms. The highest BCUT2D eigenvalue weighted by molar-refractivity contribution is 8.16. The van der Waals surface area contributed by atoms with Gasteiger partial charge in [0.25, 0.3) is 8.32 Å². The molecule has 1 aliphatic rings. The summed E-state index contributed by atoms with van der Waals surface area (Å²) in [7, 11) is -9.56. The fourth-order valence-electron chi connectivity index (χ4n) is 1.84. The van der Waals surface area contributed by atoms with Gasteiger partial charge in [0, 0.05) is 10.5 Å². The molecule has 0 N–H and O–H groups in total. The van der Waals surface area contributed by atoms with Crippen LogP contribution < -0.4 is 0 Å². The molecule has 0 aliphatic carbocycles. The first-order valence-corrected chi connectivity index (χ1v) is 13.3. The Morgan fingerprint density at radius 1 is 1.08 bits per heavy atom. The Hall–Kier alpha value is -1.10. The monoisotopic (exact) mass is 426 g/mol. The van der Waals surface area contributed by atoms with Crippen LogP contribution >= 0.6 is 10.8 Å². The molecule has 1 aromatic rings. The standard InChI is InChI=1S/C16H21F3O4S2Si/c1-15(2,3)26(4,5)22-13-10-11-24(14-9-7-6-8-12(13)14)23-25(20,21)16(17,18)19/h6-11H,1-5H3. The number of hydrogen-bond donors (Lipinski definition) is 0. The first-order chi connectivity index (χ1) is 11.7. The molecule has 146 valence electrons. The van der Waals surface area contributed by atoms with Crippen LogP contribution in [0.25, 0.3) is 5.76 Å². The Balaban J connectivity index is 2.45. The number of alkyl halides is 3. The molecule has 0 bridgehead atoms. The smallest absolute Gasteiger partial charge is 0.524 e. The predicted octanol–water partition coefficient (Wildman–Crippen LogP) is 5.27. The zero-order valence-electron chi connectivity index (χ0n) is 15.0. The zero-order chi connectivity index (χ0) is 20.0. The Bertz CT molecular complexity index is 866. The van der Waals surface area contributed by atoms with E-state index in [2.05, 4.69) is 37.5 Å². The molecular weight excluding hydrogens is 405 g/mol. The van der Waals surface area contributed by atoms with Crippen LogP contribution in [0, 0.1) is 0 Å². The Kier molecular flexibility index (Phi) is 5.55. The van der Waals surface area contributed by atoms with E-state index in [1.54, 1.807) is 24.3 Å². The van der Waals surface area contributed by atoms with Gasteiger partial charge in [-0.25, -0.2) is 0 Å². The first kappa shape index (κ1) is 21.2. The molecule has 1 atom stereocenters. The van der Waals surface area contributed by atoms with Gasteiger partial charge >= 0.3 is 15.6 Å². The predicted molar refractivity (Wildman–Crippen MR) is 101 cm³/mol. The Labute approximate surface area is 155 Å². The minimum atomic E-state index is -5.70. The summed E-state index contributed by atoms with van der Waals surface area (Å²) < 4.78 is 71.4. The zero-order valence-corrected chi connectivity index (χ0v) is 17.7. The van der Waals surface area contributed by atoms with E-state index in [1.165, 1.54) is 11.4 Å². The second-order valence-corrected chi connectivity index (χ2v) is 15.2. The molecule has 2 rings (SSSR count). The molecule has 0 spiro atoms. The summed E-state index contributed by atoms with van der Waals surface area (Å²) in [5.41, 5.74) is -4.93. The van der Waals surface area contributed by atoms with Crippen LogP contribution in [-0.2, 0) is 18.2 Å². The lowest BCUT2D eigenvalue weighted by Gasteiger charge is -2.38. The van der Waals surface area contributed by atoms with Crippen LogP contribution in [0.4, 0.5) is 13.2 Å². The summed E-state index contributed by atoms with van der Waals surface area (Å²) >= 11 is 0. The van der Waals surface area contributed by atoms with Gasteiger partial charge in [-0.05, 0) is 46.4 Å². The SMILES string of the molecule is CC(C)(C)[Si](C)(C)OC1=CC=S(OS(=O)(=O)C(F)(F)F)c2ccccc21. The third kappa shape index (κ3) is 4.24. The number of benzene rings is 1. The fraction of sp³-hybridized carbons (Fsp3) is 0.438. The van der Waals surface area contributed by atoms with Gasteiger partial charge in [-0.3, -0.25) is 0 Å². The highest BCUT2D eigenvalue weighted by Gasteiger charge is 2.48. The summed E-state index contributed by atoms with van der Waals surface area (Å²) in [6, 6.07) is 6.56. The van der Waals surface area contributed by atoms with Gasteiger partial charge in [-0.15, -0.1) is 0 Å². The fourth-order valence-corrected chi connectivity index (χ4v) is 5.42. The lowest BCUT2D eigenvalue weighted by atomic mass is 10.2. The quantitative estimate of drug-likeness (QED) is 0.374. The topological polar surface area (TPSA) is 52.6 Å². The first-order valence-electron chi connectivity index (χ1n) is 7.74. The van der Waals surface area contributed by atoms with Gasteiger partial charge in [0.05, 0.1) is 0 Å². The Morgan fingerprint density at radius 2 is 1.65 bits per heavy atom. The van der Waals surface area contributed by atoms with Crippen molar-refractivity contribution in [3.63, 3.8) is 0 Å². The van der Waals surface area contributed by atoms with Crippen molar-refractivity contribution >= 4 is 40.3 Å². The number of rotatable bonds is 4. The van der Waals surface area contributed by atoms with Crippen LogP contribution in [0.15, 0.2) is 35.2 Å². The molecule has 0 saturated heterocycles. The molecule has 1 aliphatic heterocycles. The van der Waals surface area contributed by atoms with Gasteiger partial charge in [0.2, 0.25) is 0 Å². The molecule has 1 heterocycles. The molecule has 10 heteroatoms. The summed E-state index contributed by atoms with van der Waals surface area (Å²) in [5, 5.41) is 1.23. The second kappa shape index (κ2) is 6.81. The molecule has 0 amide bonds. The average molecular weight is 427 g/mol. The molecule has 1 unspecified atom stereocenters. The van der Waals surface area contributed by atoms with Crippen LogP contribution in [0.5, 0.6) is 0 Å². The highest BCUT2D eigenvalue weighted by Crippen LogP contribution is 2.45. The van der Waals surface area contributed by atoms with E-state index in [1.807, 2.05) is 0 Å². The maximum Gasteiger partial charge on any atom is 0.524 e. The lowest BCUT2D eigenvalue weighted by Crippen LogP contribution is -2.40. The van der Waals surface area contributed by atoms with Crippen LogP contribution in [0.1, 0.15) is 26.3 Å². The number of allylic oxidation sites excluding steroid dienone is 1. The lowest BCUT2D eigenvalue weighted by molar-refractivity contribution is -0.0494. The average Bonchev–Trinajstić information content (AvgIpc) is 2.47.